The minimum atomic E-state index is -0.660. The van der Waals surface area contributed by atoms with E-state index in [1.54, 1.807) is 56.0 Å². The van der Waals surface area contributed by atoms with Gasteiger partial charge in [0, 0.05) is 126 Å². The third kappa shape index (κ3) is 7.74. The van der Waals surface area contributed by atoms with Gasteiger partial charge in [-0.3, -0.25) is 19.2 Å². The Morgan fingerprint density at radius 1 is 0.317 bits per heavy atom. The topological polar surface area (TPSA) is 155 Å². The van der Waals surface area contributed by atoms with Crippen molar-refractivity contribution in [3.8, 4) is 11.1 Å². The summed E-state index contributed by atoms with van der Waals surface area (Å²) in [4.78, 5) is 64.7. The molecule has 322 valence electrons. The summed E-state index contributed by atoms with van der Waals surface area (Å²) in [5.74, 6) is -3.51. The molecule has 0 bridgehead atoms. The van der Waals surface area contributed by atoms with Crippen LogP contribution in [-0.4, -0.2) is 172 Å². The van der Waals surface area contributed by atoms with E-state index in [0.29, 0.717) is 190 Å². The van der Waals surface area contributed by atoms with Crippen molar-refractivity contribution in [3.63, 3.8) is 0 Å². The lowest BCUT2D eigenvalue weighted by atomic mass is 9.93. The van der Waals surface area contributed by atoms with Gasteiger partial charge in [-0.1, -0.05) is 0 Å². The standard InChI is InChI=1S/C44H54N4O12/c49-37(45-9-1-41(2-10-45)53-17-18-54-41)33-25-31(26-34(29-33)38(50)46-11-3-42(4-12-46)55-19-20-56-42)32-27-35(39(51)47-13-5-43(6-14-47)57-21-22-58-43)30-36(28-32)40(52)48-15-7-44(8-16-48)59-23-24-60-44/h25-30H,1-24H2. The number of hydrogen-bond donors (Lipinski definition) is 0. The van der Waals surface area contributed by atoms with E-state index in [2.05, 4.69) is 0 Å². The van der Waals surface area contributed by atoms with Crippen LogP contribution in [0, 0.1) is 0 Å². The second kappa shape index (κ2) is 16.0. The molecule has 8 fully saturated rings. The molecule has 8 saturated heterocycles. The van der Waals surface area contributed by atoms with Gasteiger partial charge in [0.15, 0.2) is 23.1 Å². The quantitative estimate of drug-likeness (QED) is 0.435. The van der Waals surface area contributed by atoms with Gasteiger partial charge in [0.1, 0.15) is 0 Å². The summed E-state index contributed by atoms with van der Waals surface area (Å²) in [5.41, 5.74) is 2.48. The Hall–Kier alpha value is -4.00. The molecule has 0 aliphatic carbocycles. The van der Waals surface area contributed by atoms with E-state index in [9.17, 15) is 19.2 Å². The third-order valence-electron chi connectivity index (χ3n) is 13.7. The molecule has 0 saturated carbocycles. The number of piperidine rings is 4. The van der Waals surface area contributed by atoms with Crippen molar-refractivity contribution in [1.82, 2.24) is 19.6 Å². The Bertz CT molecular complexity index is 1690. The van der Waals surface area contributed by atoms with Crippen molar-refractivity contribution in [2.75, 3.05) is 105 Å². The predicted octanol–water partition coefficient (Wildman–Crippen LogP) is 3.27. The van der Waals surface area contributed by atoms with Gasteiger partial charge in [-0.2, -0.15) is 0 Å². The smallest absolute Gasteiger partial charge is 0.253 e. The molecule has 2 aromatic carbocycles. The Morgan fingerprint density at radius 2 is 0.500 bits per heavy atom. The fourth-order valence-electron chi connectivity index (χ4n) is 10.2. The molecule has 0 atom stereocenters. The highest BCUT2D eigenvalue weighted by Gasteiger charge is 2.45. The number of hydrogen-bond acceptors (Lipinski definition) is 12. The van der Waals surface area contributed by atoms with Gasteiger partial charge in [0.2, 0.25) is 0 Å². The molecular weight excluding hydrogens is 776 g/mol. The van der Waals surface area contributed by atoms with Gasteiger partial charge in [-0.25, -0.2) is 0 Å². The molecule has 0 N–H and O–H groups in total. The van der Waals surface area contributed by atoms with Crippen LogP contribution < -0.4 is 0 Å². The summed E-state index contributed by atoms with van der Waals surface area (Å²) >= 11 is 0. The third-order valence-corrected chi connectivity index (χ3v) is 13.7. The van der Waals surface area contributed by atoms with E-state index in [1.807, 2.05) is 0 Å². The van der Waals surface area contributed by atoms with E-state index in [0.717, 1.165) is 0 Å². The summed E-state index contributed by atoms with van der Waals surface area (Å²) in [5, 5.41) is 0. The van der Waals surface area contributed by atoms with Crippen LogP contribution in [0.4, 0.5) is 0 Å². The van der Waals surface area contributed by atoms with Gasteiger partial charge < -0.3 is 57.5 Å². The van der Waals surface area contributed by atoms with Crippen LogP contribution in [-0.2, 0) is 37.9 Å². The first-order valence-electron chi connectivity index (χ1n) is 21.7. The lowest BCUT2D eigenvalue weighted by Gasteiger charge is -2.38. The molecule has 0 aromatic heterocycles. The molecule has 4 amide bonds. The van der Waals surface area contributed by atoms with Crippen molar-refractivity contribution in [2.24, 2.45) is 0 Å². The minimum absolute atomic E-state index is 0.218. The van der Waals surface area contributed by atoms with Crippen LogP contribution in [0.15, 0.2) is 36.4 Å². The van der Waals surface area contributed by atoms with Gasteiger partial charge >= 0.3 is 0 Å². The number of amides is 4. The first-order valence-corrected chi connectivity index (χ1v) is 21.7. The summed E-state index contributed by atoms with van der Waals surface area (Å²) in [6.07, 6.45) is 4.38. The summed E-state index contributed by atoms with van der Waals surface area (Å²) in [6.45, 7) is 7.74. The number of rotatable bonds is 5. The Balaban J connectivity index is 0.984. The second-order valence-electron chi connectivity index (χ2n) is 17.2. The van der Waals surface area contributed by atoms with E-state index in [4.69, 9.17) is 37.9 Å². The van der Waals surface area contributed by atoms with Gasteiger partial charge in [-0.15, -0.1) is 0 Å². The Kier molecular flexibility index (Phi) is 10.7. The first-order chi connectivity index (χ1) is 29.1. The molecule has 8 heterocycles. The van der Waals surface area contributed by atoms with E-state index in [-0.39, 0.29) is 23.6 Å². The molecular formula is C44H54N4O12. The Labute approximate surface area is 349 Å². The monoisotopic (exact) mass is 830 g/mol. The maximum atomic E-state index is 14.4. The predicted molar refractivity (Wildman–Crippen MR) is 211 cm³/mol. The highest BCUT2D eigenvalue weighted by atomic mass is 16.8. The molecule has 8 aliphatic rings. The zero-order valence-electron chi connectivity index (χ0n) is 34.1. The highest BCUT2D eigenvalue weighted by Crippen LogP contribution is 2.37. The SMILES string of the molecule is O=C(c1cc(C(=O)N2CCC3(CC2)OCCO3)cc(-c2cc(C(=O)N3CCC4(CC3)OCCO4)cc(C(=O)N3CCC4(CC3)OCCO4)c2)c1)N1CCC2(CC1)OCCO2. The maximum absolute atomic E-state index is 14.4. The summed E-state index contributed by atoms with van der Waals surface area (Å²) < 4.78 is 47.4. The fraction of sp³-hybridized carbons (Fsp3) is 0.636. The average molecular weight is 831 g/mol. The van der Waals surface area contributed by atoms with E-state index < -0.39 is 23.1 Å². The number of carbonyl (C=O) groups is 4. The molecule has 0 unspecified atom stereocenters. The molecule has 0 radical (unpaired) electrons. The van der Waals surface area contributed by atoms with E-state index >= 15 is 0 Å². The largest absolute Gasteiger partial charge is 0.347 e. The molecule has 60 heavy (non-hydrogen) atoms. The van der Waals surface area contributed by atoms with Gasteiger partial charge in [0.05, 0.1) is 52.9 Å². The molecule has 10 rings (SSSR count). The van der Waals surface area contributed by atoms with Crippen molar-refractivity contribution in [2.45, 2.75) is 74.5 Å². The van der Waals surface area contributed by atoms with Crippen LogP contribution in [0.3, 0.4) is 0 Å². The van der Waals surface area contributed by atoms with Crippen LogP contribution in [0.5, 0.6) is 0 Å². The number of benzene rings is 2. The van der Waals surface area contributed by atoms with E-state index in [1.165, 1.54) is 0 Å². The van der Waals surface area contributed by atoms with Crippen molar-refractivity contribution < 1.29 is 57.1 Å². The molecule has 4 spiro atoms. The zero-order valence-corrected chi connectivity index (χ0v) is 34.1. The van der Waals surface area contributed by atoms with Crippen LogP contribution in [0.25, 0.3) is 11.1 Å². The number of ether oxygens (including phenoxy) is 8. The first kappa shape index (κ1) is 40.1. The van der Waals surface area contributed by atoms with Gasteiger partial charge in [-0.05, 0) is 47.5 Å². The second-order valence-corrected chi connectivity index (χ2v) is 17.2. The molecule has 2 aromatic rings. The molecule has 8 aliphatic heterocycles. The normalized spacial score (nSPS) is 25.5. The van der Waals surface area contributed by atoms with Crippen LogP contribution >= 0.6 is 0 Å². The minimum Gasteiger partial charge on any atom is -0.347 e. The molecule has 16 nitrogen and oxygen atoms in total. The number of carbonyl (C=O) groups excluding carboxylic acids is 4. The van der Waals surface area contributed by atoms with Crippen LogP contribution in [0.2, 0.25) is 0 Å². The van der Waals surface area contributed by atoms with Crippen molar-refractivity contribution in [1.29, 1.82) is 0 Å². The van der Waals surface area contributed by atoms with Crippen molar-refractivity contribution in [3.05, 3.63) is 58.7 Å². The average Bonchev–Trinajstić information content (AvgIpc) is 4.14. The molecule has 16 heteroatoms. The highest BCUT2D eigenvalue weighted by molar-refractivity contribution is 6.04. The lowest BCUT2D eigenvalue weighted by Crippen LogP contribution is -2.48. The summed E-state index contributed by atoms with van der Waals surface area (Å²) in [6, 6.07) is 10.4. The number of nitrogens with zero attached hydrogens (tertiary/aromatic N) is 4. The van der Waals surface area contributed by atoms with Crippen LogP contribution in [0.1, 0.15) is 92.8 Å². The maximum Gasteiger partial charge on any atom is 0.253 e. The number of likely N-dealkylation sites (tertiary alicyclic amines) is 4. The zero-order chi connectivity index (χ0) is 41.0. The summed E-state index contributed by atoms with van der Waals surface area (Å²) in [7, 11) is 0. The Morgan fingerprint density at radius 3 is 0.683 bits per heavy atom. The lowest BCUT2D eigenvalue weighted by molar-refractivity contribution is -0.182. The van der Waals surface area contributed by atoms with Gasteiger partial charge in [0.25, 0.3) is 23.6 Å². The van der Waals surface area contributed by atoms with Crippen molar-refractivity contribution >= 4 is 23.6 Å². The fourth-order valence-corrected chi connectivity index (χ4v) is 10.2.